The van der Waals surface area contributed by atoms with Crippen LogP contribution in [0.25, 0.3) is 0 Å². The van der Waals surface area contributed by atoms with Gasteiger partial charge in [0.25, 0.3) is 5.91 Å². The molecule has 0 aromatic heterocycles. The molecule has 0 aliphatic rings. The standard InChI is InChI=1S/C59H103NO15/c1-6-8-10-12-14-16-18-20-22-24-26-71-54-48-53(49-55(50-54)72-27-25-23-21-19-17-15-13-11-9-7-2)59(61)60-51-52-46-56(73-43-40-68-37-34-65-31-28-62-3)58(75-45-42-70-39-36-67-33-30-64-5)57(47-52)74-44-41-69-38-35-66-32-29-63-4/h46-50H,6-45,51H2,1-5H3,(H,60,61). The molecule has 16 nitrogen and oxygen atoms in total. The molecule has 0 atom stereocenters. The molecule has 75 heavy (non-hydrogen) atoms. The number of rotatable bonds is 57. The van der Waals surface area contributed by atoms with Gasteiger partial charge in [0.2, 0.25) is 5.75 Å². The normalized spacial score (nSPS) is 11.3. The summed E-state index contributed by atoms with van der Waals surface area (Å²) in [7, 11) is 4.91. The summed E-state index contributed by atoms with van der Waals surface area (Å²) in [6.45, 7) is 13.0. The maximum Gasteiger partial charge on any atom is 0.251 e. The number of carbonyl (C=O) groups is 1. The number of nitrogens with one attached hydrogen (secondary N) is 1. The SMILES string of the molecule is CCCCCCCCCCCCOc1cc(OCCCCCCCCCCCC)cc(C(=O)NCc2cc(OCCOCCOCCOC)c(OCCOCCOCCOC)c(OCCOCCOCCOC)c2)c1. The number of methoxy groups -OCH3 is 3. The van der Waals surface area contributed by atoms with Gasteiger partial charge >= 0.3 is 0 Å². The molecule has 0 saturated carbocycles. The van der Waals surface area contributed by atoms with E-state index < -0.39 is 0 Å². The lowest BCUT2D eigenvalue weighted by Gasteiger charge is -2.19. The van der Waals surface area contributed by atoms with Crippen LogP contribution in [0.15, 0.2) is 30.3 Å². The van der Waals surface area contributed by atoms with Gasteiger partial charge in [-0.15, -0.1) is 0 Å². The first-order valence-electron chi connectivity index (χ1n) is 28.7. The van der Waals surface area contributed by atoms with E-state index in [4.69, 9.17) is 66.3 Å². The fraction of sp³-hybridized carbons (Fsp3) is 0.780. The Morgan fingerprint density at radius 1 is 0.347 bits per heavy atom. The summed E-state index contributed by atoms with van der Waals surface area (Å²) < 4.78 is 80.7. The van der Waals surface area contributed by atoms with Crippen LogP contribution < -0.4 is 29.0 Å². The van der Waals surface area contributed by atoms with E-state index in [1.807, 2.05) is 18.2 Å². The second-order valence-electron chi connectivity index (χ2n) is 18.6. The summed E-state index contributed by atoms with van der Waals surface area (Å²) in [5.41, 5.74) is 1.19. The first-order chi connectivity index (χ1) is 37.1. The lowest BCUT2D eigenvalue weighted by Crippen LogP contribution is -2.23. The molecule has 1 amide bonds. The fourth-order valence-electron chi connectivity index (χ4n) is 7.82. The zero-order valence-electron chi connectivity index (χ0n) is 47.5. The minimum atomic E-state index is -0.265. The molecule has 0 radical (unpaired) electrons. The number of hydrogen-bond donors (Lipinski definition) is 1. The summed E-state index contributed by atoms with van der Waals surface area (Å²) in [5.74, 6) is 2.24. The first-order valence-corrected chi connectivity index (χ1v) is 28.7. The molecule has 0 fully saturated rings. The monoisotopic (exact) mass is 1070 g/mol. The predicted octanol–water partition coefficient (Wildman–Crippen LogP) is 11.4. The zero-order valence-corrected chi connectivity index (χ0v) is 47.5. The van der Waals surface area contributed by atoms with Gasteiger partial charge in [0, 0.05) is 39.5 Å². The molecule has 2 aromatic carbocycles. The molecule has 0 heterocycles. The maximum atomic E-state index is 14.1. The number of ether oxygens (including phenoxy) is 14. The van der Waals surface area contributed by atoms with Gasteiger partial charge in [-0.25, -0.2) is 0 Å². The van der Waals surface area contributed by atoms with Gasteiger partial charge in [-0.1, -0.05) is 129 Å². The van der Waals surface area contributed by atoms with Crippen LogP contribution in [0.4, 0.5) is 0 Å². The Labute approximate surface area is 453 Å². The summed E-state index contributed by atoms with van der Waals surface area (Å²) in [5, 5.41) is 3.12. The van der Waals surface area contributed by atoms with E-state index in [-0.39, 0.29) is 32.3 Å². The van der Waals surface area contributed by atoms with Crippen molar-refractivity contribution >= 4 is 5.91 Å². The van der Waals surface area contributed by atoms with Crippen LogP contribution in [-0.2, 0) is 49.2 Å². The van der Waals surface area contributed by atoms with Crippen LogP contribution in [0.2, 0.25) is 0 Å². The van der Waals surface area contributed by atoms with Gasteiger partial charge in [0.15, 0.2) is 11.5 Å². The van der Waals surface area contributed by atoms with E-state index >= 15 is 0 Å². The third-order valence-corrected chi connectivity index (χ3v) is 12.1. The van der Waals surface area contributed by atoms with E-state index in [1.54, 1.807) is 33.5 Å². The minimum Gasteiger partial charge on any atom is -0.493 e. The van der Waals surface area contributed by atoms with Crippen LogP contribution in [0, 0.1) is 0 Å². The molecular weight excluding hydrogens is 963 g/mol. The largest absolute Gasteiger partial charge is 0.493 e. The van der Waals surface area contributed by atoms with Crippen molar-refractivity contribution in [3.8, 4) is 28.7 Å². The molecular formula is C59H103NO15. The van der Waals surface area contributed by atoms with Crippen molar-refractivity contribution in [1.82, 2.24) is 5.32 Å². The Bertz CT molecular complexity index is 1500. The lowest BCUT2D eigenvalue weighted by atomic mass is 10.1. The molecule has 0 saturated heterocycles. The van der Waals surface area contributed by atoms with E-state index in [2.05, 4.69) is 19.2 Å². The van der Waals surface area contributed by atoms with Gasteiger partial charge in [0.05, 0.1) is 112 Å². The van der Waals surface area contributed by atoms with Crippen LogP contribution in [0.1, 0.15) is 158 Å². The summed E-state index contributed by atoms with van der Waals surface area (Å²) >= 11 is 0. The number of hydrogen-bond acceptors (Lipinski definition) is 15. The molecule has 0 spiro atoms. The van der Waals surface area contributed by atoms with Crippen molar-refractivity contribution in [2.75, 3.05) is 153 Å². The topological polar surface area (TPSA) is 158 Å². The molecule has 16 heteroatoms. The van der Waals surface area contributed by atoms with E-state index in [0.29, 0.717) is 147 Å². The summed E-state index contributed by atoms with van der Waals surface area (Å²) in [6.07, 6.45) is 24.9. The number of unbranched alkanes of at least 4 members (excludes halogenated alkanes) is 18. The molecule has 0 aliphatic carbocycles. The van der Waals surface area contributed by atoms with Gasteiger partial charge in [0.1, 0.15) is 31.3 Å². The molecule has 434 valence electrons. The van der Waals surface area contributed by atoms with Crippen LogP contribution in [0.3, 0.4) is 0 Å². The molecule has 0 aliphatic heterocycles. The Kier molecular flexibility index (Phi) is 46.3. The van der Waals surface area contributed by atoms with Crippen molar-refractivity contribution < 1.29 is 71.1 Å². The highest BCUT2D eigenvalue weighted by Crippen LogP contribution is 2.39. The van der Waals surface area contributed by atoms with Gasteiger partial charge in [-0.05, 0) is 42.7 Å². The smallest absolute Gasteiger partial charge is 0.251 e. The van der Waals surface area contributed by atoms with Crippen LogP contribution in [0.5, 0.6) is 28.7 Å². The lowest BCUT2D eigenvalue weighted by molar-refractivity contribution is 0.0146. The highest BCUT2D eigenvalue weighted by atomic mass is 16.6. The summed E-state index contributed by atoms with van der Waals surface area (Å²) in [6, 6.07) is 9.22. The first kappa shape index (κ1) is 67.7. The van der Waals surface area contributed by atoms with Crippen LogP contribution in [-0.4, -0.2) is 159 Å². The second-order valence-corrected chi connectivity index (χ2v) is 18.6. The van der Waals surface area contributed by atoms with Gasteiger partial charge in [-0.2, -0.15) is 0 Å². The Balaban J connectivity index is 2.23. The summed E-state index contributed by atoms with van der Waals surface area (Å²) in [4.78, 5) is 14.1. The highest BCUT2D eigenvalue weighted by Gasteiger charge is 2.18. The van der Waals surface area contributed by atoms with Gasteiger partial charge in [-0.3, -0.25) is 4.79 Å². The molecule has 1 N–H and O–H groups in total. The molecule has 2 aromatic rings. The van der Waals surface area contributed by atoms with Crippen molar-refractivity contribution in [1.29, 1.82) is 0 Å². The number of amides is 1. The average molecular weight is 1070 g/mol. The second kappa shape index (κ2) is 51.3. The van der Waals surface area contributed by atoms with Crippen molar-refractivity contribution in [3.63, 3.8) is 0 Å². The third-order valence-electron chi connectivity index (χ3n) is 12.1. The van der Waals surface area contributed by atoms with Crippen molar-refractivity contribution in [3.05, 3.63) is 41.5 Å². The number of benzene rings is 2. The van der Waals surface area contributed by atoms with Crippen LogP contribution >= 0.6 is 0 Å². The molecule has 0 bridgehead atoms. The number of carbonyl (C=O) groups excluding carboxylic acids is 1. The third kappa shape index (κ3) is 38.7. The fourth-order valence-corrected chi connectivity index (χ4v) is 7.82. The Morgan fingerprint density at radius 2 is 0.667 bits per heavy atom. The van der Waals surface area contributed by atoms with E-state index in [0.717, 1.165) is 31.2 Å². The average Bonchev–Trinajstić information content (AvgIpc) is 3.42. The Hall–Kier alpha value is -3.45. The van der Waals surface area contributed by atoms with E-state index in [1.165, 1.54) is 103 Å². The van der Waals surface area contributed by atoms with Crippen molar-refractivity contribution in [2.24, 2.45) is 0 Å². The highest BCUT2D eigenvalue weighted by molar-refractivity contribution is 5.95. The Morgan fingerprint density at radius 3 is 1.03 bits per heavy atom. The van der Waals surface area contributed by atoms with Gasteiger partial charge < -0.3 is 71.6 Å². The maximum absolute atomic E-state index is 14.1. The minimum absolute atomic E-state index is 0.168. The van der Waals surface area contributed by atoms with Crippen molar-refractivity contribution in [2.45, 2.75) is 149 Å². The molecule has 2 rings (SSSR count). The zero-order chi connectivity index (χ0) is 53.8. The quantitative estimate of drug-likeness (QED) is 0.0623. The predicted molar refractivity (Wildman–Crippen MR) is 296 cm³/mol. The van der Waals surface area contributed by atoms with E-state index in [9.17, 15) is 4.79 Å². The molecule has 0 unspecified atom stereocenters.